The van der Waals surface area contributed by atoms with E-state index in [4.69, 9.17) is 21.1 Å². The monoisotopic (exact) mass is 443 g/mol. The summed E-state index contributed by atoms with van der Waals surface area (Å²) in [5.74, 6) is 1.13. The number of urea groups is 1. The molecule has 2 N–H and O–H groups in total. The van der Waals surface area contributed by atoms with Crippen LogP contribution >= 0.6 is 11.6 Å². The van der Waals surface area contributed by atoms with E-state index in [-0.39, 0.29) is 24.6 Å². The van der Waals surface area contributed by atoms with Gasteiger partial charge in [0.25, 0.3) is 5.91 Å². The molecule has 1 aliphatic heterocycles. The summed E-state index contributed by atoms with van der Waals surface area (Å²) in [5, 5.41) is 6.54. The molecule has 1 saturated carbocycles. The van der Waals surface area contributed by atoms with Crippen LogP contribution < -0.4 is 25.0 Å². The van der Waals surface area contributed by atoms with E-state index in [2.05, 4.69) is 10.6 Å². The van der Waals surface area contributed by atoms with Crippen LogP contribution in [-0.2, 0) is 4.79 Å². The number of benzene rings is 2. The van der Waals surface area contributed by atoms with Gasteiger partial charge in [-0.15, -0.1) is 0 Å². The van der Waals surface area contributed by atoms with Gasteiger partial charge in [0.2, 0.25) is 0 Å². The first-order chi connectivity index (χ1) is 15.1. The van der Waals surface area contributed by atoms with Crippen molar-refractivity contribution < 1.29 is 19.1 Å². The average Bonchev–Trinajstić information content (AvgIpc) is 2.77. The van der Waals surface area contributed by atoms with Gasteiger partial charge >= 0.3 is 6.03 Å². The number of carbonyl (C=O) groups excluding carboxylic acids is 2. The molecular weight excluding hydrogens is 418 g/mol. The summed E-state index contributed by atoms with van der Waals surface area (Å²) >= 11 is 5.89. The molecule has 0 radical (unpaired) electrons. The molecule has 2 aliphatic rings. The Hall–Kier alpha value is -2.93. The van der Waals surface area contributed by atoms with Crippen LogP contribution in [-0.4, -0.2) is 37.7 Å². The summed E-state index contributed by atoms with van der Waals surface area (Å²) in [7, 11) is 0. The molecule has 4 rings (SSSR count). The van der Waals surface area contributed by atoms with Gasteiger partial charge in [0.1, 0.15) is 18.1 Å². The molecule has 164 valence electrons. The van der Waals surface area contributed by atoms with E-state index in [0.717, 1.165) is 25.7 Å². The van der Waals surface area contributed by atoms with Crippen LogP contribution in [0.4, 0.5) is 16.2 Å². The fourth-order valence-electron chi connectivity index (χ4n) is 3.91. The van der Waals surface area contributed by atoms with Gasteiger partial charge in [0, 0.05) is 16.8 Å². The van der Waals surface area contributed by atoms with E-state index in [0.29, 0.717) is 41.0 Å². The zero-order valence-corrected chi connectivity index (χ0v) is 18.0. The lowest BCUT2D eigenvalue weighted by molar-refractivity contribution is -0.121. The van der Waals surface area contributed by atoms with Gasteiger partial charge in [0.15, 0.2) is 6.61 Å². The number of rotatable bonds is 6. The van der Waals surface area contributed by atoms with Gasteiger partial charge in [-0.05, 0) is 55.3 Å². The SMILES string of the molecule is O=C(Nc1ccc2c(c1)N(CCOc1ccc(Cl)cc1)C(=O)CO2)NC1CCCCC1. The predicted molar refractivity (Wildman–Crippen MR) is 120 cm³/mol. The smallest absolute Gasteiger partial charge is 0.319 e. The highest BCUT2D eigenvalue weighted by atomic mass is 35.5. The summed E-state index contributed by atoms with van der Waals surface area (Å²) < 4.78 is 11.3. The Morgan fingerprint density at radius 3 is 2.68 bits per heavy atom. The van der Waals surface area contributed by atoms with Gasteiger partial charge in [0.05, 0.1) is 12.2 Å². The molecule has 0 saturated heterocycles. The molecule has 7 nitrogen and oxygen atoms in total. The quantitative estimate of drug-likeness (QED) is 0.683. The maximum atomic E-state index is 12.5. The fourth-order valence-corrected chi connectivity index (χ4v) is 4.04. The number of hydrogen-bond donors (Lipinski definition) is 2. The highest BCUT2D eigenvalue weighted by Gasteiger charge is 2.26. The van der Waals surface area contributed by atoms with Crippen molar-refractivity contribution in [2.75, 3.05) is 30.0 Å². The Labute approximate surface area is 186 Å². The van der Waals surface area contributed by atoms with Crippen molar-refractivity contribution in [2.24, 2.45) is 0 Å². The summed E-state index contributed by atoms with van der Waals surface area (Å²) in [6, 6.07) is 12.4. The summed E-state index contributed by atoms with van der Waals surface area (Å²) in [5.41, 5.74) is 1.22. The van der Waals surface area contributed by atoms with E-state index < -0.39 is 0 Å². The Bertz CT molecular complexity index is 929. The second-order valence-electron chi connectivity index (χ2n) is 7.75. The van der Waals surface area contributed by atoms with Crippen LogP contribution in [0.5, 0.6) is 11.5 Å². The van der Waals surface area contributed by atoms with Gasteiger partial charge in [-0.3, -0.25) is 4.79 Å². The highest BCUT2D eigenvalue weighted by molar-refractivity contribution is 6.30. The minimum atomic E-state index is -0.229. The third-order valence-corrected chi connectivity index (χ3v) is 5.75. The zero-order chi connectivity index (χ0) is 21.6. The molecule has 31 heavy (non-hydrogen) atoms. The minimum absolute atomic E-state index is 0.0249. The summed E-state index contributed by atoms with van der Waals surface area (Å²) in [4.78, 5) is 26.5. The molecule has 1 fully saturated rings. The van der Waals surface area contributed by atoms with Crippen molar-refractivity contribution in [3.05, 3.63) is 47.5 Å². The zero-order valence-electron chi connectivity index (χ0n) is 17.2. The second-order valence-corrected chi connectivity index (χ2v) is 8.19. The Morgan fingerprint density at radius 1 is 1.13 bits per heavy atom. The van der Waals surface area contributed by atoms with Crippen LogP contribution in [0.15, 0.2) is 42.5 Å². The number of fused-ring (bicyclic) bond motifs is 1. The van der Waals surface area contributed by atoms with Crippen molar-refractivity contribution in [3.63, 3.8) is 0 Å². The van der Waals surface area contributed by atoms with E-state index in [1.165, 1.54) is 6.42 Å². The first kappa shape index (κ1) is 21.3. The van der Waals surface area contributed by atoms with Crippen molar-refractivity contribution in [1.29, 1.82) is 0 Å². The van der Waals surface area contributed by atoms with E-state index in [1.54, 1.807) is 47.4 Å². The van der Waals surface area contributed by atoms with Crippen molar-refractivity contribution in [2.45, 2.75) is 38.1 Å². The van der Waals surface area contributed by atoms with Crippen molar-refractivity contribution >= 4 is 34.9 Å². The molecule has 0 spiro atoms. The molecule has 8 heteroatoms. The van der Waals surface area contributed by atoms with Crippen LogP contribution in [0, 0.1) is 0 Å². The lowest BCUT2D eigenvalue weighted by atomic mass is 9.96. The second kappa shape index (κ2) is 9.92. The van der Waals surface area contributed by atoms with Gasteiger partial charge < -0.3 is 25.0 Å². The van der Waals surface area contributed by atoms with Crippen LogP contribution in [0.3, 0.4) is 0 Å². The normalized spacial score (nSPS) is 16.3. The number of nitrogens with zero attached hydrogens (tertiary/aromatic N) is 1. The lowest BCUT2D eigenvalue weighted by Crippen LogP contribution is -2.41. The number of halogens is 1. The molecule has 0 bridgehead atoms. The lowest BCUT2D eigenvalue weighted by Gasteiger charge is -2.30. The fraction of sp³-hybridized carbons (Fsp3) is 0.391. The first-order valence-corrected chi connectivity index (χ1v) is 11.0. The average molecular weight is 444 g/mol. The molecule has 2 aromatic rings. The number of amides is 3. The summed E-state index contributed by atoms with van der Waals surface area (Å²) in [6.07, 6.45) is 5.56. The largest absolute Gasteiger partial charge is 0.492 e. The van der Waals surface area contributed by atoms with Crippen molar-refractivity contribution in [3.8, 4) is 11.5 Å². The van der Waals surface area contributed by atoms with E-state index in [9.17, 15) is 9.59 Å². The molecule has 0 unspecified atom stereocenters. The first-order valence-electron chi connectivity index (χ1n) is 10.6. The molecule has 1 heterocycles. The van der Waals surface area contributed by atoms with Crippen molar-refractivity contribution in [1.82, 2.24) is 5.32 Å². The standard InChI is InChI=1S/C23H26ClN3O4/c24-16-6-9-19(10-7-16)30-13-12-27-20-14-18(8-11-21(20)31-15-22(27)28)26-23(29)25-17-4-2-1-3-5-17/h6-11,14,17H,1-5,12-13,15H2,(H2,25,26,29). The van der Waals surface area contributed by atoms with Crippen LogP contribution in [0.1, 0.15) is 32.1 Å². The maximum Gasteiger partial charge on any atom is 0.319 e. The minimum Gasteiger partial charge on any atom is -0.492 e. The molecule has 0 aromatic heterocycles. The van der Waals surface area contributed by atoms with Crippen LogP contribution in [0.25, 0.3) is 0 Å². The Balaban J connectivity index is 1.39. The topological polar surface area (TPSA) is 79.9 Å². The van der Waals surface area contributed by atoms with Gasteiger partial charge in [-0.2, -0.15) is 0 Å². The molecule has 0 atom stereocenters. The summed E-state index contributed by atoms with van der Waals surface area (Å²) in [6.45, 7) is 0.644. The molecule has 2 aromatic carbocycles. The number of hydrogen-bond acceptors (Lipinski definition) is 4. The molecule has 1 aliphatic carbocycles. The molecular formula is C23H26ClN3O4. The number of carbonyl (C=O) groups is 2. The Kier molecular flexibility index (Phi) is 6.82. The van der Waals surface area contributed by atoms with Gasteiger partial charge in [-0.25, -0.2) is 4.79 Å². The molecule has 3 amide bonds. The number of anilines is 2. The predicted octanol–water partition coefficient (Wildman–Crippen LogP) is 4.60. The third kappa shape index (κ3) is 5.61. The van der Waals surface area contributed by atoms with Crippen LogP contribution in [0.2, 0.25) is 5.02 Å². The highest BCUT2D eigenvalue weighted by Crippen LogP contribution is 2.34. The number of nitrogens with one attached hydrogen (secondary N) is 2. The maximum absolute atomic E-state index is 12.5. The number of ether oxygens (including phenoxy) is 2. The Morgan fingerprint density at radius 2 is 1.90 bits per heavy atom. The van der Waals surface area contributed by atoms with Gasteiger partial charge in [-0.1, -0.05) is 30.9 Å². The third-order valence-electron chi connectivity index (χ3n) is 5.50. The van der Waals surface area contributed by atoms with E-state index >= 15 is 0 Å². The van der Waals surface area contributed by atoms with E-state index in [1.807, 2.05) is 0 Å².